The molecule has 0 aliphatic carbocycles. The molecule has 1 atom stereocenters. The van der Waals surface area contributed by atoms with Crippen LogP contribution in [0.25, 0.3) is 0 Å². The van der Waals surface area contributed by atoms with Crippen LogP contribution in [0.2, 0.25) is 0 Å². The molecule has 1 aromatic carbocycles. The predicted molar refractivity (Wildman–Crippen MR) is 79.7 cm³/mol. The van der Waals surface area contributed by atoms with Gasteiger partial charge in [0.25, 0.3) is 0 Å². The van der Waals surface area contributed by atoms with E-state index in [-0.39, 0.29) is 0 Å². The number of aliphatic carboxylic acids is 1. The molecule has 0 radical (unpaired) electrons. The molecule has 0 fully saturated rings. The molecule has 1 unspecified atom stereocenters. The van der Waals surface area contributed by atoms with E-state index in [9.17, 15) is 4.79 Å². The van der Waals surface area contributed by atoms with Crippen LogP contribution in [0.4, 0.5) is 0 Å². The average Bonchev–Trinajstić information content (AvgIpc) is 2.42. The lowest BCUT2D eigenvalue weighted by molar-refractivity contribution is -0.142. The zero-order chi connectivity index (χ0) is 14.8. The van der Waals surface area contributed by atoms with Gasteiger partial charge in [0, 0.05) is 13.2 Å². The molecule has 20 heavy (non-hydrogen) atoms. The van der Waals surface area contributed by atoms with Crippen LogP contribution in [-0.4, -0.2) is 29.8 Å². The molecule has 0 saturated carbocycles. The van der Waals surface area contributed by atoms with Crippen LogP contribution in [0, 0.1) is 0 Å². The van der Waals surface area contributed by atoms with E-state index in [0.29, 0.717) is 13.0 Å². The molecular formula is C16H25NO3. The number of hydrogen-bond donors (Lipinski definition) is 2. The minimum Gasteiger partial charge on any atom is -0.480 e. The van der Waals surface area contributed by atoms with Gasteiger partial charge < -0.3 is 15.6 Å². The molecule has 112 valence electrons. The summed E-state index contributed by atoms with van der Waals surface area (Å²) in [5, 5.41) is 8.87. The number of unbranched alkanes of at least 4 members (excludes halogenated alkanes) is 1. The van der Waals surface area contributed by atoms with Crippen LogP contribution in [0.1, 0.15) is 38.2 Å². The molecule has 1 rings (SSSR count). The second kappa shape index (κ2) is 8.72. The number of benzene rings is 1. The van der Waals surface area contributed by atoms with Crippen molar-refractivity contribution in [3.05, 3.63) is 35.9 Å². The molecule has 4 heteroatoms. The third-order valence-electron chi connectivity index (χ3n) is 3.32. The van der Waals surface area contributed by atoms with Crippen molar-refractivity contribution >= 4 is 5.97 Å². The van der Waals surface area contributed by atoms with Crippen molar-refractivity contribution in [3.63, 3.8) is 0 Å². The molecule has 0 spiro atoms. The summed E-state index contributed by atoms with van der Waals surface area (Å²) >= 11 is 0. The van der Waals surface area contributed by atoms with Crippen molar-refractivity contribution in [3.8, 4) is 0 Å². The van der Waals surface area contributed by atoms with E-state index in [2.05, 4.69) is 12.1 Å². The van der Waals surface area contributed by atoms with Gasteiger partial charge >= 0.3 is 5.97 Å². The SMILES string of the molecule is CC(N)(CCCCOCCCc1ccccc1)C(=O)O. The Kier molecular flexibility index (Phi) is 7.26. The topological polar surface area (TPSA) is 72.5 Å². The van der Waals surface area contributed by atoms with Gasteiger partial charge in [-0.3, -0.25) is 4.79 Å². The fourth-order valence-electron chi connectivity index (χ4n) is 1.93. The summed E-state index contributed by atoms with van der Waals surface area (Å²) < 4.78 is 5.54. The van der Waals surface area contributed by atoms with E-state index in [1.165, 1.54) is 5.56 Å². The fourth-order valence-corrected chi connectivity index (χ4v) is 1.93. The van der Waals surface area contributed by atoms with Crippen molar-refractivity contribution in [2.75, 3.05) is 13.2 Å². The highest BCUT2D eigenvalue weighted by Gasteiger charge is 2.26. The molecule has 0 aromatic heterocycles. The maximum atomic E-state index is 10.8. The van der Waals surface area contributed by atoms with Gasteiger partial charge in [0.1, 0.15) is 5.54 Å². The van der Waals surface area contributed by atoms with Gasteiger partial charge in [-0.05, 0) is 44.6 Å². The average molecular weight is 279 g/mol. The van der Waals surface area contributed by atoms with Crippen molar-refractivity contribution < 1.29 is 14.6 Å². The van der Waals surface area contributed by atoms with Gasteiger partial charge in [-0.1, -0.05) is 30.3 Å². The normalized spacial score (nSPS) is 13.9. The molecule has 0 bridgehead atoms. The van der Waals surface area contributed by atoms with Crippen LogP contribution in [0.5, 0.6) is 0 Å². The number of rotatable bonds is 10. The Bertz CT molecular complexity index is 390. The Morgan fingerprint density at radius 3 is 2.50 bits per heavy atom. The number of hydrogen-bond acceptors (Lipinski definition) is 3. The minimum absolute atomic E-state index is 0.482. The molecule has 4 nitrogen and oxygen atoms in total. The van der Waals surface area contributed by atoms with Gasteiger partial charge in [-0.2, -0.15) is 0 Å². The molecule has 0 aliphatic rings. The van der Waals surface area contributed by atoms with E-state index < -0.39 is 11.5 Å². The van der Waals surface area contributed by atoms with Gasteiger partial charge in [-0.15, -0.1) is 0 Å². The third-order valence-corrected chi connectivity index (χ3v) is 3.32. The number of nitrogens with two attached hydrogens (primary N) is 1. The standard InChI is InChI=1S/C16H25NO3/c1-16(17,15(18)19)11-5-6-12-20-13-7-10-14-8-3-2-4-9-14/h2-4,8-9H,5-7,10-13,17H2,1H3,(H,18,19). The summed E-state index contributed by atoms with van der Waals surface area (Å²) in [7, 11) is 0. The van der Waals surface area contributed by atoms with Crippen LogP contribution < -0.4 is 5.73 Å². The summed E-state index contributed by atoms with van der Waals surface area (Å²) in [6, 6.07) is 10.3. The van der Waals surface area contributed by atoms with Gasteiger partial charge in [-0.25, -0.2) is 0 Å². The second-order valence-electron chi connectivity index (χ2n) is 5.38. The van der Waals surface area contributed by atoms with E-state index in [1.807, 2.05) is 18.2 Å². The Labute approximate surface area is 120 Å². The number of carboxylic acids is 1. The number of ether oxygens (including phenoxy) is 1. The Morgan fingerprint density at radius 2 is 1.85 bits per heavy atom. The number of carbonyl (C=O) groups is 1. The van der Waals surface area contributed by atoms with Crippen LogP contribution in [0.15, 0.2) is 30.3 Å². The quantitative estimate of drug-likeness (QED) is 0.646. The van der Waals surface area contributed by atoms with Gasteiger partial charge in [0.15, 0.2) is 0 Å². The van der Waals surface area contributed by atoms with Crippen LogP contribution >= 0.6 is 0 Å². The zero-order valence-corrected chi connectivity index (χ0v) is 12.2. The number of aryl methyl sites for hydroxylation is 1. The fraction of sp³-hybridized carbons (Fsp3) is 0.562. The molecule has 1 aromatic rings. The Hall–Kier alpha value is -1.39. The summed E-state index contributed by atoms with van der Waals surface area (Å²) in [5.41, 5.74) is 5.86. The predicted octanol–water partition coefficient (Wildman–Crippen LogP) is 2.61. The summed E-state index contributed by atoms with van der Waals surface area (Å²) in [6.45, 7) is 2.97. The zero-order valence-electron chi connectivity index (χ0n) is 12.2. The Morgan fingerprint density at radius 1 is 1.20 bits per heavy atom. The van der Waals surface area contributed by atoms with E-state index >= 15 is 0 Å². The van der Waals surface area contributed by atoms with Crippen molar-refractivity contribution in [2.45, 2.75) is 44.6 Å². The largest absolute Gasteiger partial charge is 0.480 e. The summed E-state index contributed by atoms with van der Waals surface area (Å²) in [6.07, 6.45) is 4.15. The highest BCUT2D eigenvalue weighted by Crippen LogP contribution is 2.11. The molecular weight excluding hydrogens is 254 g/mol. The monoisotopic (exact) mass is 279 g/mol. The molecule has 0 amide bonds. The molecule has 3 N–H and O–H groups in total. The second-order valence-corrected chi connectivity index (χ2v) is 5.38. The molecule has 0 saturated heterocycles. The van der Waals surface area contributed by atoms with E-state index in [1.54, 1.807) is 6.92 Å². The minimum atomic E-state index is -1.12. The van der Waals surface area contributed by atoms with Crippen molar-refractivity contribution in [1.29, 1.82) is 0 Å². The van der Waals surface area contributed by atoms with Gasteiger partial charge in [0.2, 0.25) is 0 Å². The maximum Gasteiger partial charge on any atom is 0.323 e. The van der Waals surface area contributed by atoms with Crippen LogP contribution in [-0.2, 0) is 16.0 Å². The molecule has 0 heterocycles. The van der Waals surface area contributed by atoms with E-state index in [0.717, 1.165) is 32.3 Å². The first-order valence-electron chi connectivity index (χ1n) is 7.16. The summed E-state index contributed by atoms with van der Waals surface area (Å²) in [5.74, 6) is -0.943. The lowest BCUT2D eigenvalue weighted by Gasteiger charge is -2.18. The van der Waals surface area contributed by atoms with Crippen LogP contribution in [0.3, 0.4) is 0 Å². The van der Waals surface area contributed by atoms with E-state index in [4.69, 9.17) is 15.6 Å². The summed E-state index contributed by atoms with van der Waals surface area (Å²) in [4.78, 5) is 10.8. The molecule has 0 aliphatic heterocycles. The highest BCUT2D eigenvalue weighted by atomic mass is 16.5. The Balaban J connectivity index is 1.97. The lowest BCUT2D eigenvalue weighted by atomic mass is 9.97. The first-order chi connectivity index (χ1) is 9.52. The smallest absolute Gasteiger partial charge is 0.323 e. The van der Waals surface area contributed by atoms with Crippen molar-refractivity contribution in [2.24, 2.45) is 5.73 Å². The highest BCUT2D eigenvalue weighted by molar-refractivity contribution is 5.77. The van der Waals surface area contributed by atoms with Crippen molar-refractivity contribution in [1.82, 2.24) is 0 Å². The number of carboxylic acid groups (broad SMARTS) is 1. The lowest BCUT2D eigenvalue weighted by Crippen LogP contribution is -2.44. The maximum absolute atomic E-state index is 10.8. The van der Waals surface area contributed by atoms with Gasteiger partial charge in [0.05, 0.1) is 0 Å². The first kappa shape index (κ1) is 16.7. The first-order valence-corrected chi connectivity index (χ1v) is 7.16. The third kappa shape index (κ3) is 6.68.